The zero-order chi connectivity index (χ0) is 13.1. The third-order valence-electron chi connectivity index (χ3n) is 2.69. The Morgan fingerprint density at radius 2 is 2.28 bits per heavy atom. The number of aromatic nitrogens is 2. The molecule has 0 fully saturated rings. The summed E-state index contributed by atoms with van der Waals surface area (Å²) < 4.78 is 8.78. The van der Waals surface area contributed by atoms with E-state index in [1.807, 2.05) is 24.0 Å². The van der Waals surface area contributed by atoms with Gasteiger partial charge < -0.3 is 9.73 Å². The van der Waals surface area contributed by atoms with Crippen LogP contribution in [0.2, 0.25) is 0 Å². The highest BCUT2D eigenvalue weighted by Crippen LogP contribution is 2.16. The molecule has 0 aliphatic heterocycles. The van der Waals surface area contributed by atoms with Crippen LogP contribution in [0.5, 0.6) is 0 Å². The van der Waals surface area contributed by atoms with E-state index in [0.29, 0.717) is 12.6 Å². The molecule has 0 atom stereocenters. The Morgan fingerprint density at radius 1 is 1.50 bits per heavy atom. The summed E-state index contributed by atoms with van der Waals surface area (Å²) in [5.41, 5.74) is 1.22. The fraction of sp³-hybridized carbons (Fsp3) is 0.462. The van der Waals surface area contributed by atoms with Gasteiger partial charge >= 0.3 is 0 Å². The number of rotatable bonds is 5. The molecule has 0 saturated carbocycles. The predicted molar refractivity (Wildman–Crippen MR) is 79.5 cm³/mol. The maximum Gasteiger partial charge on any atom is 0.125 e. The zero-order valence-electron chi connectivity index (χ0n) is 10.9. The van der Waals surface area contributed by atoms with Crippen LogP contribution in [0.25, 0.3) is 0 Å². The summed E-state index contributed by atoms with van der Waals surface area (Å²) >= 11 is 2.25. The Morgan fingerprint density at radius 3 is 2.89 bits per heavy atom. The quantitative estimate of drug-likeness (QED) is 0.835. The van der Waals surface area contributed by atoms with E-state index >= 15 is 0 Å². The third-order valence-corrected chi connectivity index (χ3v) is 3.25. The highest BCUT2D eigenvalue weighted by atomic mass is 127. The molecule has 98 valence electrons. The lowest BCUT2D eigenvalue weighted by Gasteiger charge is -2.05. The van der Waals surface area contributed by atoms with E-state index in [2.05, 4.69) is 52.9 Å². The molecule has 0 aliphatic carbocycles. The molecule has 2 rings (SSSR count). The minimum Gasteiger partial charge on any atom is -0.464 e. The number of furan rings is 1. The van der Waals surface area contributed by atoms with Gasteiger partial charge in [0.1, 0.15) is 11.5 Å². The van der Waals surface area contributed by atoms with Crippen molar-refractivity contribution in [2.24, 2.45) is 0 Å². The molecule has 0 amide bonds. The normalized spacial score (nSPS) is 11.4. The number of halogens is 1. The summed E-state index contributed by atoms with van der Waals surface area (Å²) in [5.74, 6) is 1.94. The van der Waals surface area contributed by atoms with Crippen molar-refractivity contribution in [2.75, 3.05) is 0 Å². The molecule has 1 N–H and O–H groups in total. The first-order valence-corrected chi connectivity index (χ1v) is 7.12. The van der Waals surface area contributed by atoms with Gasteiger partial charge in [-0.1, -0.05) is 13.8 Å². The van der Waals surface area contributed by atoms with Crippen LogP contribution in [0, 0.1) is 10.5 Å². The fourth-order valence-corrected chi connectivity index (χ4v) is 2.19. The second-order valence-electron chi connectivity index (χ2n) is 4.69. The summed E-state index contributed by atoms with van der Waals surface area (Å²) in [6.45, 7) is 7.83. The number of nitrogens with one attached hydrogen (secondary N) is 1. The van der Waals surface area contributed by atoms with Crippen LogP contribution in [0.1, 0.15) is 30.9 Å². The second-order valence-corrected chi connectivity index (χ2v) is 5.93. The van der Waals surface area contributed by atoms with Crippen LogP contribution < -0.4 is 5.32 Å². The SMILES string of the molecule is Cc1oc(Cn2cc(I)cn2)cc1CNC(C)C. The van der Waals surface area contributed by atoms with Crippen LogP contribution in [-0.2, 0) is 13.1 Å². The Hall–Kier alpha value is -0.820. The van der Waals surface area contributed by atoms with Crippen molar-refractivity contribution in [3.8, 4) is 0 Å². The van der Waals surface area contributed by atoms with Gasteiger partial charge in [-0.2, -0.15) is 5.10 Å². The predicted octanol–water partition coefficient (Wildman–Crippen LogP) is 2.94. The van der Waals surface area contributed by atoms with Crippen molar-refractivity contribution in [3.63, 3.8) is 0 Å². The van der Waals surface area contributed by atoms with E-state index in [4.69, 9.17) is 4.42 Å². The van der Waals surface area contributed by atoms with Gasteiger partial charge in [0.2, 0.25) is 0 Å². The number of aryl methyl sites for hydroxylation is 1. The van der Waals surface area contributed by atoms with Crippen LogP contribution in [0.3, 0.4) is 0 Å². The monoisotopic (exact) mass is 359 g/mol. The average Bonchev–Trinajstić information content (AvgIpc) is 2.83. The van der Waals surface area contributed by atoms with Gasteiger partial charge in [0.05, 0.1) is 16.3 Å². The minimum absolute atomic E-state index is 0.482. The van der Waals surface area contributed by atoms with Gasteiger partial charge in [-0.3, -0.25) is 4.68 Å². The van der Waals surface area contributed by atoms with Crippen LogP contribution in [-0.4, -0.2) is 15.8 Å². The highest BCUT2D eigenvalue weighted by Gasteiger charge is 2.08. The number of nitrogens with zero attached hydrogens (tertiary/aromatic N) is 2. The maximum absolute atomic E-state index is 5.76. The number of hydrogen-bond donors (Lipinski definition) is 1. The lowest BCUT2D eigenvalue weighted by molar-refractivity contribution is 0.455. The van der Waals surface area contributed by atoms with Crippen molar-refractivity contribution in [1.29, 1.82) is 0 Å². The molecule has 2 heterocycles. The molecule has 0 bridgehead atoms. The summed E-state index contributed by atoms with van der Waals surface area (Å²) in [6.07, 6.45) is 3.85. The molecule has 0 aliphatic rings. The van der Waals surface area contributed by atoms with Crippen molar-refractivity contribution in [2.45, 2.75) is 39.9 Å². The van der Waals surface area contributed by atoms with Gasteiger partial charge in [-0.25, -0.2) is 0 Å². The van der Waals surface area contributed by atoms with Crippen LogP contribution in [0.15, 0.2) is 22.9 Å². The molecule has 0 spiro atoms. The fourth-order valence-electron chi connectivity index (χ4n) is 1.74. The largest absolute Gasteiger partial charge is 0.464 e. The summed E-state index contributed by atoms with van der Waals surface area (Å²) in [6, 6.07) is 2.59. The first kappa shape index (κ1) is 13.6. The van der Waals surface area contributed by atoms with Gasteiger partial charge in [-0.15, -0.1) is 0 Å². The van der Waals surface area contributed by atoms with Crippen molar-refractivity contribution in [1.82, 2.24) is 15.1 Å². The first-order chi connectivity index (χ1) is 8.54. The third kappa shape index (κ3) is 3.58. The molecule has 4 nitrogen and oxygen atoms in total. The Bertz CT molecular complexity index is 516. The van der Waals surface area contributed by atoms with E-state index in [1.165, 1.54) is 5.56 Å². The highest BCUT2D eigenvalue weighted by molar-refractivity contribution is 14.1. The van der Waals surface area contributed by atoms with E-state index in [0.717, 1.165) is 21.6 Å². The Labute approximate surface area is 121 Å². The second kappa shape index (κ2) is 5.88. The molecule has 0 saturated heterocycles. The van der Waals surface area contributed by atoms with Gasteiger partial charge in [0, 0.05) is 24.3 Å². The van der Waals surface area contributed by atoms with Crippen molar-refractivity contribution >= 4 is 22.6 Å². The summed E-state index contributed by atoms with van der Waals surface area (Å²) in [7, 11) is 0. The first-order valence-electron chi connectivity index (χ1n) is 6.04. The summed E-state index contributed by atoms with van der Waals surface area (Å²) in [5, 5.41) is 7.66. The molecule has 0 unspecified atom stereocenters. The Balaban J connectivity index is 2.04. The topological polar surface area (TPSA) is 43.0 Å². The van der Waals surface area contributed by atoms with Crippen LogP contribution >= 0.6 is 22.6 Å². The van der Waals surface area contributed by atoms with E-state index in [1.54, 1.807) is 0 Å². The molecule has 2 aromatic heterocycles. The van der Waals surface area contributed by atoms with Gasteiger partial charge in [-0.05, 0) is 35.6 Å². The van der Waals surface area contributed by atoms with Crippen molar-refractivity contribution in [3.05, 3.63) is 39.1 Å². The Kier molecular flexibility index (Phi) is 4.45. The average molecular weight is 359 g/mol. The molecule has 18 heavy (non-hydrogen) atoms. The standard InChI is InChI=1S/C13H18IN3O/c1-9(2)15-5-11-4-13(18-10(11)3)8-17-7-12(14)6-16-17/h4,6-7,9,15H,5,8H2,1-3H3. The van der Waals surface area contributed by atoms with E-state index in [-0.39, 0.29) is 0 Å². The lowest BCUT2D eigenvalue weighted by atomic mass is 10.2. The van der Waals surface area contributed by atoms with E-state index in [9.17, 15) is 0 Å². The molecular weight excluding hydrogens is 341 g/mol. The summed E-state index contributed by atoms with van der Waals surface area (Å²) in [4.78, 5) is 0. The number of hydrogen-bond acceptors (Lipinski definition) is 3. The molecule has 0 aromatic carbocycles. The van der Waals surface area contributed by atoms with Crippen LogP contribution in [0.4, 0.5) is 0 Å². The molecular formula is C13H18IN3O. The zero-order valence-corrected chi connectivity index (χ0v) is 13.1. The molecule has 2 aromatic rings. The van der Waals surface area contributed by atoms with E-state index < -0.39 is 0 Å². The minimum atomic E-state index is 0.482. The maximum atomic E-state index is 5.76. The lowest BCUT2D eigenvalue weighted by Crippen LogP contribution is -2.21. The molecule has 0 radical (unpaired) electrons. The van der Waals surface area contributed by atoms with Crippen molar-refractivity contribution < 1.29 is 4.42 Å². The van der Waals surface area contributed by atoms with Gasteiger partial charge in [0.15, 0.2) is 0 Å². The molecule has 5 heteroatoms. The van der Waals surface area contributed by atoms with Gasteiger partial charge in [0.25, 0.3) is 0 Å². The smallest absolute Gasteiger partial charge is 0.125 e.